The number of anilines is 1. The molecule has 0 atom stereocenters. The first-order valence-corrected chi connectivity index (χ1v) is 13.3. The van der Waals surface area contributed by atoms with Gasteiger partial charge in [0.2, 0.25) is 0 Å². The maximum atomic E-state index is 13.6. The van der Waals surface area contributed by atoms with E-state index >= 15 is 0 Å². The normalized spacial score (nSPS) is 14.4. The lowest BCUT2D eigenvalue weighted by atomic mass is 9.87. The van der Waals surface area contributed by atoms with Crippen LogP contribution in [-0.4, -0.2) is 34.2 Å². The molecular weight excluding hydrogens is 434 g/mol. The summed E-state index contributed by atoms with van der Waals surface area (Å²) in [5.41, 5.74) is 6.13. The Hall–Kier alpha value is -2.76. The van der Waals surface area contributed by atoms with E-state index in [0.717, 1.165) is 79.8 Å². The van der Waals surface area contributed by atoms with Gasteiger partial charge in [0, 0.05) is 29.8 Å². The van der Waals surface area contributed by atoms with E-state index in [1.54, 1.807) is 0 Å². The van der Waals surface area contributed by atoms with E-state index in [2.05, 4.69) is 78.5 Å². The van der Waals surface area contributed by atoms with Crippen molar-refractivity contribution in [3.05, 3.63) is 51.2 Å². The van der Waals surface area contributed by atoms with Crippen LogP contribution in [0.5, 0.6) is 0 Å². The standard InChI is InChI=1S/C29H43N5O/c1-9-13-14-16-22-24(15-10-2)31-27-25(26(29(6,7)8)32-34(27)28(22)35)30-23-18-17-21(19-20(23)5)33(11-3)12-4/h17-19H,9-16H2,1-8H3. The van der Waals surface area contributed by atoms with Crippen molar-refractivity contribution in [1.82, 2.24) is 9.66 Å². The summed E-state index contributed by atoms with van der Waals surface area (Å²) in [6.07, 6.45) is 5.73. The van der Waals surface area contributed by atoms with Crippen LogP contribution in [-0.2, 0) is 12.8 Å². The monoisotopic (exact) mass is 477 g/mol. The van der Waals surface area contributed by atoms with Crippen molar-refractivity contribution in [3.63, 3.8) is 0 Å². The van der Waals surface area contributed by atoms with Gasteiger partial charge in [0.15, 0.2) is 5.82 Å². The molecule has 0 saturated heterocycles. The molecule has 0 bridgehead atoms. The quantitative estimate of drug-likeness (QED) is 0.369. The van der Waals surface area contributed by atoms with Crippen LogP contribution in [0.15, 0.2) is 33.1 Å². The molecule has 35 heavy (non-hydrogen) atoms. The molecule has 1 aliphatic rings. The zero-order valence-electron chi connectivity index (χ0n) is 23.0. The number of fused-ring (bicyclic) bond motifs is 1. The van der Waals surface area contributed by atoms with Gasteiger partial charge in [-0.1, -0.05) is 53.9 Å². The Morgan fingerprint density at radius 3 is 2.29 bits per heavy atom. The highest BCUT2D eigenvalue weighted by Crippen LogP contribution is 2.30. The molecule has 6 nitrogen and oxygen atoms in total. The number of benzene rings is 1. The van der Waals surface area contributed by atoms with E-state index in [1.807, 2.05) is 0 Å². The predicted octanol–water partition coefficient (Wildman–Crippen LogP) is 6.47. The molecule has 0 saturated carbocycles. The average Bonchev–Trinajstić information content (AvgIpc) is 3.17. The fraction of sp³-hybridized carbons (Fsp3) is 0.586. The molecule has 0 unspecified atom stereocenters. The SMILES string of the molecule is CCCCCc1c(CCC)nc2n(c1=O)N=C(C(C)(C)C)C2=Nc1ccc(N(CC)CC)cc1C. The lowest BCUT2D eigenvalue weighted by Gasteiger charge is -2.22. The molecule has 0 amide bonds. The summed E-state index contributed by atoms with van der Waals surface area (Å²) in [6.45, 7) is 19.0. The number of rotatable bonds is 10. The molecular formula is C29H43N5O. The van der Waals surface area contributed by atoms with Gasteiger partial charge < -0.3 is 4.90 Å². The summed E-state index contributed by atoms with van der Waals surface area (Å²) in [5, 5.41) is 4.81. The summed E-state index contributed by atoms with van der Waals surface area (Å²) in [6, 6.07) is 6.39. The molecule has 1 aromatic carbocycles. The van der Waals surface area contributed by atoms with Crippen molar-refractivity contribution < 1.29 is 0 Å². The number of aryl methyl sites for hydroxylation is 2. The molecule has 0 fully saturated rings. The number of hydrogen-bond acceptors (Lipinski definition) is 5. The second kappa shape index (κ2) is 11.3. The molecule has 0 radical (unpaired) electrons. The van der Waals surface area contributed by atoms with Crippen LogP contribution in [0, 0.1) is 12.3 Å². The van der Waals surface area contributed by atoms with Crippen LogP contribution in [0.2, 0.25) is 0 Å². The Balaban J connectivity index is 2.17. The van der Waals surface area contributed by atoms with Gasteiger partial charge in [0.05, 0.1) is 17.1 Å². The maximum absolute atomic E-state index is 13.6. The third kappa shape index (κ3) is 5.74. The summed E-state index contributed by atoms with van der Waals surface area (Å²) >= 11 is 0. The largest absolute Gasteiger partial charge is 0.372 e. The van der Waals surface area contributed by atoms with Crippen LogP contribution < -0.4 is 10.5 Å². The number of nitrogens with zero attached hydrogens (tertiary/aromatic N) is 5. The highest BCUT2D eigenvalue weighted by molar-refractivity contribution is 6.50. The second-order valence-corrected chi connectivity index (χ2v) is 10.5. The van der Waals surface area contributed by atoms with Gasteiger partial charge >= 0.3 is 0 Å². The van der Waals surface area contributed by atoms with Gasteiger partial charge in [-0.2, -0.15) is 9.78 Å². The Labute approximate surface area is 211 Å². The summed E-state index contributed by atoms with van der Waals surface area (Å²) < 4.78 is 1.51. The maximum Gasteiger partial charge on any atom is 0.277 e. The van der Waals surface area contributed by atoms with E-state index in [0.29, 0.717) is 11.5 Å². The lowest BCUT2D eigenvalue weighted by Crippen LogP contribution is -2.29. The third-order valence-corrected chi connectivity index (χ3v) is 6.65. The highest BCUT2D eigenvalue weighted by Gasteiger charge is 2.35. The summed E-state index contributed by atoms with van der Waals surface area (Å²) in [7, 11) is 0. The van der Waals surface area contributed by atoms with E-state index in [4.69, 9.17) is 15.1 Å². The van der Waals surface area contributed by atoms with E-state index in [1.165, 1.54) is 10.4 Å². The second-order valence-electron chi connectivity index (χ2n) is 10.5. The van der Waals surface area contributed by atoms with Crippen molar-refractivity contribution in [2.45, 2.75) is 93.9 Å². The Bertz CT molecular complexity index is 1160. The third-order valence-electron chi connectivity index (χ3n) is 6.65. The van der Waals surface area contributed by atoms with Gasteiger partial charge in [-0.3, -0.25) is 4.79 Å². The van der Waals surface area contributed by atoms with E-state index < -0.39 is 0 Å². The number of aromatic nitrogens is 2. The lowest BCUT2D eigenvalue weighted by molar-refractivity contribution is 0.592. The molecule has 0 N–H and O–H groups in total. The predicted molar refractivity (Wildman–Crippen MR) is 149 cm³/mol. The summed E-state index contributed by atoms with van der Waals surface area (Å²) in [4.78, 5) is 26.1. The molecule has 1 aliphatic heterocycles. The molecule has 2 heterocycles. The smallest absolute Gasteiger partial charge is 0.277 e. The molecule has 190 valence electrons. The van der Waals surface area contributed by atoms with Gasteiger partial charge in [-0.05, 0) is 63.8 Å². The Kier molecular flexibility index (Phi) is 8.68. The van der Waals surface area contributed by atoms with Crippen molar-refractivity contribution in [3.8, 4) is 0 Å². The van der Waals surface area contributed by atoms with Gasteiger partial charge in [-0.25, -0.2) is 9.98 Å². The number of hydrogen-bond donors (Lipinski definition) is 0. The van der Waals surface area contributed by atoms with Crippen molar-refractivity contribution in [2.75, 3.05) is 18.0 Å². The zero-order valence-corrected chi connectivity index (χ0v) is 23.0. The highest BCUT2D eigenvalue weighted by atomic mass is 16.1. The molecule has 0 spiro atoms. The van der Waals surface area contributed by atoms with Crippen molar-refractivity contribution in [1.29, 1.82) is 0 Å². The van der Waals surface area contributed by atoms with Gasteiger partial charge in [0.1, 0.15) is 5.71 Å². The first kappa shape index (κ1) is 26.8. The van der Waals surface area contributed by atoms with Crippen LogP contribution in [0.25, 0.3) is 0 Å². The molecule has 3 rings (SSSR count). The molecule has 6 heteroatoms. The van der Waals surface area contributed by atoms with Gasteiger partial charge in [-0.15, -0.1) is 0 Å². The van der Waals surface area contributed by atoms with Crippen molar-refractivity contribution >= 4 is 22.8 Å². The fourth-order valence-corrected chi connectivity index (χ4v) is 4.62. The van der Waals surface area contributed by atoms with E-state index in [9.17, 15) is 4.79 Å². The number of aliphatic imine (C=N–C) groups is 1. The van der Waals surface area contributed by atoms with Crippen LogP contribution >= 0.6 is 0 Å². The van der Waals surface area contributed by atoms with Crippen molar-refractivity contribution in [2.24, 2.45) is 15.5 Å². The average molecular weight is 478 g/mol. The fourth-order valence-electron chi connectivity index (χ4n) is 4.62. The topological polar surface area (TPSA) is 62.9 Å². The van der Waals surface area contributed by atoms with Crippen LogP contribution in [0.4, 0.5) is 11.4 Å². The molecule has 1 aromatic heterocycles. The minimum Gasteiger partial charge on any atom is -0.372 e. The molecule has 0 aliphatic carbocycles. The first-order chi connectivity index (χ1) is 16.7. The first-order valence-electron chi connectivity index (χ1n) is 13.3. The Morgan fingerprint density at radius 1 is 1.00 bits per heavy atom. The minimum absolute atomic E-state index is 0.0323. The van der Waals surface area contributed by atoms with Gasteiger partial charge in [0.25, 0.3) is 5.56 Å². The van der Waals surface area contributed by atoms with Crippen LogP contribution in [0.3, 0.4) is 0 Å². The number of unbranched alkanes of at least 4 members (excludes halogenated alkanes) is 2. The Morgan fingerprint density at radius 2 is 1.71 bits per heavy atom. The van der Waals surface area contributed by atoms with Crippen LogP contribution in [0.1, 0.15) is 96.8 Å². The van der Waals surface area contributed by atoms with E-state index in [-0.39, 0.29) is 11.0 Å². The minimum atomic E-state index is -0.276. The zero-order chi connectivity index (χ0) is 25.8. The molecule has 2 aromatic rings. The summed E-state index contributed by atoms with van der Waals surface area (Å²) in [5.74, 6) is 0.579.